The van der Waals surface area contributed by atoms with Gasteiger partial charge in [0, 0.05) is 51.6 Å². The summed E-state index contributed by atoms with van der Waals surface area (Å²) in [6, 6.07) is -27.0. The Kier molecular flexibility index (Phi) is 45.3. The average Bonchev–Trinajstić information content (AvgIpc) is 1.67. The molecule has 139 heavy (non-hydrogen) atoms. The van der Waals surface area contributed by atoms with E-state index in [1.165, 1.54) is 22.3 Å². The molecule has 776 valence electrons. The van der Waals surface area contributed by atoms with Crippen LogP contribution in [0.15, 0.2) is 12.5 Å². The summed E-state index contributed by atoms with van der Waals surface area (Å²) in [7, 11) is 0. The van der Waals surface area contributed by atoms with Crippen molar-refractivity contribution in [1.29, 1.82) is 0 Å². The second-order valence-corrected chi connectivity index (χ2v) is 37.7. The van der Waals surface area contributed by atoms with Crippen LogP contribution in [0.1, 0.15) is 217 Å². The van der Waals surface area contributed by atoms with E-state index in [-0.39, 0.29) is 121 Å². The van der Waals surface area contributed by atoms with Crippen molar-refractivity contribution in [2.24, 2.45) is 52.5 Å². The minimum atomic E-state index is -1.91. The van der Waals surface area contributed by atoms with Crippen molar-refractivity contribution in [3.63, 3.8) is 0 Å². The highest BCUT2D eigenvalue weighted by Crippen LogP contribution is 2.30. The van der Waals surface area contributed by atoms with E-state index in [0.717, 1.165) is 30.1 Å². The molecular formula is C89H144N24O26. The van der Waals surface area contributed by atoms with Crippen molar-refractivity contribution in [1.82, 2.24) is 104 Å². The number of nitrogens with zero attached hydrogens (tertiary/aromatic N) is 5. The summed E-state index contributed by atoms with van der Waals surface area (Å²) in [5.74, 6) is -24.2. The van der Waals surface area contributed by atoms with Crippen LogP contribution in [0.5, 0.6) is 0 Å². The van der Waals surface area contributed by atoms with Gasteiger partial charge in [0.2, 0.25) is 124 Å². The highest BCUT2D eigenvalue weighted by atomic mass is 16.4. The maximum Gasteiger partial charge on any atom is 0.326 e. The molecule has 0 bridgehead atoms. The first kappa shape index (κ1) is 115. The molecule has 0 aromatic carbocycles. The van der Waals surface area contributed by atoms with Gasteiger partial charge in [-0.05, 0) is 140 Å². The number of rotatable bonds is 55. The Hall–Kier alpha value is -12.6. The molecule has 6 rings (SSSR count). The number of likely N-dealkylation sites (tertiary alicyclic amines) is 4. The molecule has 21 amide bonds. The molecule has 50 nitrogen and oxygen atoms in total. The summed E-state index contributed by atoms with van der Waals surface area (Å²) in [6.45, 7) is 18.2. The summed E-state index contributed by atoms with van der Waals surface area (Å²) in [6.07, 6.45) is -2.11. The zero-order valence-corrected chi connectivity index (χ0v) is 81.0. The number of imidazole rings is 1. The lowest BCUT2D eigenvalue weighted by Gasteiger charge is -2.35. The molecule has 5 aliphatic rings. The first-order chi connectivity index (χ1) is 65.4. The number of H-pyrrole nitrogens is 1. The van der Waals surface area contributed by atoms with Crippen molar-refractivity contribution >= 4 is 130 Å². The van der Waals surface area contributed by atoms with Crippen LogP contribution in [0.3, 0.4) is 0 Å². The van der Waals surface area contributed by atoms with Crippen LogP contribution in [0.2, 0.25) is 0 Å². The predicted molar refractivity (Wildman–Crippen MR) is 493 cm³/mol. The van der Waals surface area contributed by atoms with E-state index in [9.17, 15) is 121 Å². The molecule has 0 spiro atoms. The lowest BCUT2D eigenvalue weighted by Crippen LogP contribution is -2.63. The number of carbonyl (C=O) groups is 22. The van der Waals surface area contributed by atoms with Gasteiger partial charge in [0.25, 0.3) is 0 Å². The Balaban J connectivity index is 1.13. The van der Waals surface area contributed by atoms with Gasteiger partial charge in [-0.3, -0.25) is 101 Å². The first-order valence-corrected chi connectivity index (χ1v) is 47.6. The van der Waals surface area contributed by atoms with E-state index in [2.05, 4.69) is 84.4 Å². The molecule has 0 aliphatic carbocycles. The third-order valence-electron chi connectivity index (χ3n) is 25.4. The standard InChI is InChI=1S/C89H144N24O26/c1-13-45(9)68(106-72(121)50-20-15-29-95-50)83(132)102-54(36-49-39-94-41-96-49)75(124)100-55(37-65(92)119)76(125)104-58(40-114)79(128)103-57(35-43(5)6)85(134)110-30-16-21-59(110)80(129)97-51(25-27-63(90)117)73(122)99-56(38-66(93)120)78(127)107-69(46(10)14-2)87(136)113-33-19-24-62(113)86(135)111-31-17-22-60(111)81(130)101-53(34-42(3)4)77(126)108-70(47(11)115)84(133)98-52(26-28-64(91)118)74(123)109-71(48(12)116)88(137)112-32-18-23-61(112)82(131)105-67(44(7)8)89(138)139/h39,41-48,50-62,67-71,95,114-116H,13-38,40H2,1-12H3,(H2,90,117)(H2,91,118)(H2,92,119)(H2,93,120)(H,94,96)(H,97,129)(H,98,133)(H,99,122)(H,100,124)(H,101,130)(H,102,132)(H,103,128)(H,104,125)(H,105,131)(H,106,121)(H,107,127)(H,108,126)(H,109,123)(H,138,139)/t45-,46-,47+,48+,50-,51-,52-,53-,54-,55-,56-,57-,58-,59-,60-,61-,62-,67-,68-,69-,70-,71-/m0/s1. The zero-order chi connectivity index (χ0) is 104. The van der Waals surface area contributed by atoms with E-state index < -0.39 is 314 Å². The van der Waals surface area contributed by atoms with Gasteiger partial charge >= 0.3 is 5.97 Å². The van der Waals surface area contributed by atoms with Gasteiger partial charge in [-0.25, -0.2) is 9.78 Å². The normalized spacial score (nSPS) is 20.6. The third-order valence-corrected chi connectivity index (χ3v) is 25.4. The highest BCUT2D eigenvalue weighted by Gasteiger charge is 2.49. The number of nitrogens with two attached hydrogens (primary N) is 4. The first-order valence-electron chi connectivity index (χ1n) is 47.6. The molecule has 1 aromatic heterocycles. The molecule has 0 saturated carbocycles. The van der Waals surface area contributed by atoms with E-state index in [0.29, 0.717) is 19.4 Å². The van der Waals surface area contributed by atoms with Crippen LogP contribution in [-0.4, -0.2) is 340 Å². The highest BCUT2D eigenvalue weighted by molar-refractivity contribution is 6.03. The maximum absolute atomic E-state index is 15.1. The number of aromatic amines is 1. The van der Waals surface area contributed by atoms with Gasteiger partial charge in [0.15, 0.2) is 0 Å². The van der Waals surface area contributed by atoms with E-state index >= 15 is 4.79 Å². The number of hydrogen-bond acceptors (Lipinski definition) is 27. The Morgan fingerprint density at radius 1 is 0.396 bits per heavy atom. The summed E-state index contributed by atoms with van der Waals surface area (Å²) in [5, 5.41) is 77.8. The van der Waals surface area contributed by atoms with Crippen molar-refractivity contribution in [2.45, 2.75) is 339 Å². The van der Waals surface area contributed by atoms with Crippen LogP contribution >= 0.6 is 0 Å². The number of hydrogen-bond donors (Lipinski definition) is 23. The van der Waals surface area contributed by atoms with E-state index in [4.69, 9.17) is 22.9 Å². The van der Waals surface area contributed by atoms with Crippen LogP contribution < -0.4 is 97.4 Å². The van der Waals surface area contributed by atoms with Gasteiger partial charge in [-0.15, -0.1) is 0 Å². The number of aromatic nitrogens is 2. The van der Waals surface area contributed by atoms with Crippen LogP contribution in [-0.2, 0) is 112 Å². The molecule has 0 radical (unpaired) electrons. The molecule has 5 fully saturated rings. The summed E-state index contributed by atoms with van der Waals surface area (Å²) in [4.78, 5) is 317. The largest absolute Gasteiger partial charge is 0.480 e. The van der Waals surface area contributed by atoms with Crippen LogP contribution in [0.25, 0.3) is 0 Å². The lowest BCUT2D eigenvalue weighted by molar-refractivity contribution is -0.149. The monoisotopic (exact) mass is 1970 g/mol. The zero-order valence-electron chi connectivity index (χ0n) is 81.0. The number of nitrogens with one attached hydrogen (secondary N) is 15. The van der Waals surface area contributed by atoms with Crippen molar-refractivity contribution < 1.29 is 126 Å². The van der Waals surface area contributed by atoms with Crippen molar-refractivity contribution in [3.8, 4) is 0 Å². The molecule has 5 saturated heterocycles. The minimum absolute atomic E-state index is 0.0163. The number of aliphatic carboxylic acids is 1. The number of carboxylic acid groups (broad SMARTS) is 1. The van der Waals surface area contributed by atoms with Crippen molar-refractivity contribution in [3.05, 3.63) is 18.2 Å². The van der Waals surface area contributed by atoms with Gasteiger partial charge in [-0.1, -0.05) is 82.1 Å². The molecule has 1 aromatic rings. The van der Waals surface area contributed by atoms with Crippen LogP contribution in [0.4, 0.5) is 0 Å². The second-order valence-electron chi connectivity index (χ2n) is 37.7. The molecule has 6 heterocycles. The SMILES string of the molecule is CC[C@H](C)[C@H](NC(=O)[C@@H]1CCCN1)C(=O)N[C@@H](Cc1c[nH]cn1)C(=O)N[C@@H](CC(N)=O)C(=O)N[C@@H](CO)C(=O)N[C@@H](CC(C)C)C(=O)N1CCC[C@H]1C(=O)N[C@@H](CCC(N)=O)C(=O)N[C@@H](CC(N)=O)C(=O)N[C@H](C(=O)N1CCC[C@H]1C(=O)N1CCC[C@H]1C(=O)N[C@@H](CC(C)C)C(=O)N[C@H](C(=O)N[C@@H](CCC(N)=O)C(=O)N[C@H](C(=O)N1CCC[C@H]1C(=O)N[C@H](C(=O)O)C(C)C)[C@@H](C)O)[C@@H](C)O)[C@@H](C)CC. The number of carboxylic acids is 1. The molecule has 5 aliphatic heterocycles. The number of primary amides is 4. The molecule has 0 unspecified atom stereocenters. The average molecular weight is 1970 g/mol. The molecule has 22 atom stereocenters. The number of aliphatic hydroxyl groups is 3. The fourth-order valence-electron chi connectivity index (χ4n) is 17.3. The molecule has 50 heteroatoms. The Bertz CT molecular complexity index is 4530. The summed E-state index contributed by atoms with van der Waals surface area (Å²) in [5.41, 5.74) is 22.5. The minimum Gasteiger partial charge on any atom is -0.480 e. The summed E-state index contributed by atoms with van der Waals surface area (Å²) < 4.78 is 0. The fourth-order valence-corrected chi connectivity index (χ4v) is 17.3. The number of carbonyl (C=O) groups excluding carboxylic acids is 21. The lowest BCUT2D eigenvalue weighted by atomic mass is 9.96. The predicted octanol–water partition coefficient (Wildman–Crippen LogP) is -8.07. The fraction of sp³-hybridized carbons (Fsp3) is 0.719. The van der Waals surface area contributed by atoms with Gasteiger partial charge in [-0.2, -0.15) is 0 Å². The Morgan fingerprint density at radius 2 is 0.777 bits per heavy atom. The van der Waals surface area contributed by atoms with Crippen molar-refractivity contribution in [2.75, 3.05) is 39.3 Å². The molecular weight excluding hydrogens is 1820 g/mol. The number of amides is 21. The smallest absolute Gasteiger partial charge is 0.326 e. The molecule has 27 N–H and O–H groups in total. The van der Waals surface area contributed by atoms with Crippen LogP contribution in [0, 0.1) is 29.6 Å². The van der Waals surface area contributed by atoms with Gasteiger partial charge in [0.1, 0.15) is 103 Å². The van der Waals surface area contributed by atoms with E-state index in [1.807, 2.05) is 0 Å². The topological polar surface area (TPSA) is 771 Å². The second kappa shape index (κ2) is 54.7. The maximum atomic E-state index is 15.1. The Labute approximate surface area is 805 Å². The van der Waals surface area contributed by atoms with E-state index in [1.54, 1.807) is 69.2 Å². The Morgan fingerprint density at radius 3 is 1.25 bits per heavy atom. The number of aliphatic hydroxyl groups excluding tert-OH is 3. The quantitative estimate of drug-likeness (QED) is 0.0288. The third kappa shape index (κ3) is 33.9. The van der Waals surface area contributed by atoms with Gasteiger partial charge in [0.05, 0.1) is 49.7 Å². The summed E-state index contributed by atoms with van der Waals surface area (Å²) >= 11 is 0. The van der Waals surface area contributed by atoms with Gasteiger partial charge < -0.3 is 142 Å².